The van der Waals surface area contributed by atoms with Crippen LogP contribution in [0.25, 0.3) is 0 Å². The highest BCUT2D eigenvalue weighted by atomic mass is 19.1. The number of halogens is 1. The van der Waals surface area contributed by atoms with Gasteiger partial charge in [-0.1, -0.05) is 19.3 Å². The first-order valence-corrected chi connectivity index (χ1v) is 5.75. The van der Waals surface area contributed by atoms with Crippen LogP contribution < -0.4 is 5.32 Å². The molecule has 1 saturated heterocycles. The molecule has 13 heavy (non-hydrogen) atoms. The van der Waals surface area contributed by atoms with Crippen LogP contribution in [0.1, 0.15) is 44.9 Å². The fourth-order valence-corrected chi connectivity index (χ4v) is 2.76. The van der Waals surface area contributed by atoms with Gasteiger partial charge in [0.15, 0.2) is 0 Å². The van der Waals surface area contributed by atoms with Crippen molar-refractivity contribution in [3.63, 3.8) is 0 Å². The van der Waals surface area contributed by atoms with Gasteiger partial charge in [-0.15, -0.1) is 0 Å². The van der Waals surface area contributed by atoms with Gasteiger partial charge in [0.1, 0.15) is 6.17 Å². The Morgan fingerprint density at radius 1 is 1.00 bits per heavy atom. The van der Waals surface area contributed by atoms with E-state index in [2.05, 4.69) is 5.32 Å². The van der Waals surface area contributed by atoms with Gasteiger partial charge in [-0.3, -0.25) is 0 Å². The molecular weight excluding hydrogens is 165 g/mol. The van der Waals surface area contributed by atoms with Gasteiger partial charge in [0, 0.05) is 6.04 Å². The molecule has 0 spiro atoms. The summed E-state index contributed by atoms with van der Waals surface area (Å²) < 4.78 is 13.9. The Morgan fingerprint density at radius 2 is 1.77 bits per heavy atom. The minimum atomic E-state index is -0.567. The third kappa shape index (κ3) is 2.22. The molecule has 0 bridgehead atoms. The van der Waals surface area contributed by atoms with E-state index in [1.54, 1.807) is 0 Å². The summed E-state index contributed by atoms with van der Waals surface area (Å²) in [6.45, 7) is 1.03. The molecule has 2 atom stereocenters. The van der Waals surface area contributed by atoms with E-state index in [0.29, 0.717) is 5.92 Å². The van der Waals surface area contributed by atoms with Crippen LogP contribution in [0, 0.1) is 5.92 Å². The molecular formula is C11H20FN. The quantitative estimate of drug-likeness (QED) is 0.697. The van der Waals surface area contributed by atoms with Crippen molar-refractivity contribution < 1.29 is 4.39 Å². The molecule has 0 aromatic rings. The Bertz CT molecular complexity index is 148. The maximum absolute atomic E-state index is 13.9. The zero-order chi connectivity index (χ0) is 9.10. The molecule has 2 aliphatic rings. The minimum Gasteiger partial charge on any atom is -0.311 e. The molecule has 0 aromatic heterocycles. The molecule has 1 aliphatic heterocycles. The number of nitrogens with one attached hydrogen (secondary N) is 1. The maximum Gasteiger partial charge on any atom is 0.118 e. The van der Waals surface area contributed by atoms with Crippen molar-refractivity contribution in [2.75, 3.05) is 6.54 Å². The Labute approximate surface area is 80.1 Å². The average Bonchev–Trinajstić information content (AvgIpc) is 2.71. The summed E-state index contributed by atoms with van der Waals surface area (Å²) in [5.41, 5.74) is 0. The molecule has 2 heteroatoms. The second kappa shape index (κ2) is 4.41. The van der Waals surface area contributed by atoms with Gasteiger partial charge in [0.2, 0.25) is 0 Å². The van der Waals surface area contributed by atoms with Gasteiger partial charge >= 0.3 is 0 Å². The van der Waals surface area contributed by atoms with E-state index in [-0.39, 0.29) is 6.04 Å². The van der Waals surface area contributed by atoms with E-state index >= 15 is 0 Å². The highest BCUT2D eigenvalue weighted by Crippen LogP contribution is 2.31. The van der Waals surface area contributed by atoms with Gasteiger partial charge in [-0.25, -0.2) is 4.39 Å². The van der Waals surface area contributed by atoms with Crippen molar-refractivity contribution in [2.45, 2.75) is 57.2 Å². The summed E-state index contributed by atoms with van der Waals surface area (Å²) in [5.74, 6) is 0.365. The zero-order valence-corrected chi connectivity index (χ0v) is 8.27. The summed E-state index contributed by atoms with van der Waals surface area (Å²) in [7, 11) is 0. The van der Waals surface area contributed by atoms with E-state index in [0.717, 1.165) is 32.2 Å². The normalized spacial score (nSPS) is 33.5. The van der Waals surface area contributed by atoms with Gasteiger partial charge in [-0.05, 0) is 38.1 Å². The summed E-state index contributed by atoms with van der Waals surface area (Å²) in [5, 5.41) is 3.28. The Hall–Kier alpha value is -0.110. The lowest BCUT2D eigenvalue weighted by molar-refractivity contribution is 0.144. The number of hydrogen-bond donors (Lipinski definition) is 1. The van der Waals surface area contributed by atoms with Gasteiger partial charge in [-0.2, -0.15) is 0 Å². The van der Waals surface area contributed by atoms with Crippen LogP contribution >= 0.6 is 0 Å². The fourth-order valence-electron chi connectivity index (χ4n) is 2.76. The van der Waals surface area contributed by atoms with Crippen LogP contribution in [0.4, 0.5) is 4.39 Å². The molecule has 1 aliphatic carbocycles. The van der Waals surface area contributed by atoms with E-state index in [1.807, 2.05) is 0 Å². The van der Waals surface area contributed by atoms with E-state index in [9.17, 15) is 4.39 Å². The van der Waals surface area contributed by atoms with Crippen LogP contribution in [0.5, 0.6) is 0 Å². The molecule has 1 heterocycles. The Balaban J connectivity index is 1.83. The summed E-state index contributed by atoms with van der Waals surface area (Å²) in [4.78, 5) is 0. The Kier molecular flexibility index (Phi) is 3.20. The second-order valence-corrected chi connectivity index (χ2v) is 4.55. The van der Waals surface area contributed by atoms with Gasteiger partial charge in [0.05, 0.1) is 0 Å². The summed E-state index contributed by atoms with van der Waals surface area (Å²) >= 11 is 0. The third-order valence-corrected chi connectivity index (χ3v) is 3.58. The van der Waals surface area contributed by atoms with Gasteiger partial charge in [0.25, 0.3) is 0 Å². The smallest absolute Gasteiger partial charge is 0.118 e. The lowest BCUT2D eigenvalue weighted by Gasteiger charge is -2.28. The molecule has 1 N–H and O–H groups in total. The van der Waals surface area contributed by atoms with Crippen molar-refractivity contribution in [3.8, 4) is 0 Å². The number of alkyl halides is 1. The predicted octanol–water partition coefficient (Wildman–Crippen LogP) is 2.66. The van der Waals surface area contributed by atoms with Crippen LogP contribution in [-0.4, -0.2) is 18.8 Å². The van der Waals surface area contributed by atoms with Crippen LogP contribution in [-0.2, 0) is 0 Å². The highest BCUT2D eigenvalue weighted by Gasteiger charge is 2.31. The summed E-state index contributed by atoms with van der Waals surface area (Å²) in [6, 6.07) is 0.183. The molecule has 2 fully saturated rings. The average molecular weight is 185 g/mol. The van der Waals surface area contributed by atoms with E-state index in [1.165, 1.54) is 19.3 Å². The lowest BCUT2D eigenvalue weighted by Crippen LogP contribution is -2.37. The van der Waals surface area contributed by atoms with Crippen molar-refractivity contribution in [1.82, 2.24) is 5.32 Å². The first-order valence-electron chi connectivity index (χ1n) is 5.75. The first kappa shape index (κ1) is 9.45. The largest absolute Gasteiger partial charge is 0.311 e. The molecule has 2 unspecified atom stereocenters. The van der Waals surface area contributed by atoms with Crippen molar-refractivity contribution >= 4 is 0 Å². The van der Waals surface area contributed by atoms with Crippen molar-refractivity contribution in [3.05, 3.63) is 0 Å². The van der Waals surface area contributed by atoms with Crippen molar-refractivity contribution in [1.29, 1.82) is 0 Å². The molecule has 0 amide bonds. The van der Waals surface area contributed by atoms with E-state index < -0.39 is 6.17 Å². The monoisotopic (exact) mass is 185 g/mol. The first-order chi connectivity index (χ1) is 6.38. The molecule has 0 aromatic carbocycles. The topological polar surface area (TPSA) is 12.0 Å². The SMILES string of the molecule is FC(C1CCCCC1)C1CCCN1. The number of hydrogen-bond acceptors (Lipinski definition) is 1. The standard InChI is InChI=1S/C11H20FN/c12-11(10-7-4-8-13-10)9-5-2-1-3-6-9/h9-11,13H,1-8H2. The highest BCUT2D eigenvalue weighted by molar-refractivity contribution is 4.87. The second-order valence-electron chi connectivity index (χ2n) is 4.55. The molecule has 0 radical (unpaired) electrons. The molecule has 1 saturated carbocycles. The molecule has 76 valence electrons. The predicted molar refractivity (Wildman–Crippen MR) is 52.5 cm³/mol. The molecule has 1 nitrogen and oxygen atoms in total. The van der Waals surface area contributed by atoms with Crippen LogP contribution in [0.15, 0.2) is 0 Å². The fraction of sp³-hybridized carbons (Fsp3) is 1.00. The van der Waals surface area contributed by atoms with Crippen LogP contribution in [0.3, 0.4) is 0 Å². The Morgan fingerprint density at radius 3 is 2.38 bits per heavy atom. The summed E-state index contributed by atoms with van der Waals surface area (Å²) in [6.07, 6.45) is 7.72. The third-order valence-electron chi connectivity index (χ3n) is 3.58. The minimum absolute atomic E-state index is 0.183. The molecule has 2 rings (SSSR count). The van der Waals surface area contributed by atoms with Crippen LogP contribution in [0.2, 0.25) is 0 Å². The zero-order valence-electron chi connectivity index (χ0n) is 8.27. The van der Waals surface area contributed by atoms with Gasteiger partial charge < -0.3 is 5.32 Å². The van der Waals surface area contributed by atoms with E-state index in [4.69, 9.17) is 0 Å². The lowest BCUT2D eigenvalue weighted by atomic mass is 9.83. The number of rotatable bonds is 2. The maximum atomic E-state index is 13.9. The van der Waals surface area contributed by atoms with Crippen molar-refractivity contribution in [2.24, 2.45) is 5.92 Å².